The van der Waals surface area contributed by atoms with Crippen LogP contribution in [0.15, 0.2) is 59.5 Å². The zero-order chi connectivity index (χ0) is 26.8. The smallest absolute Gasteiger partial charge is 0.451 e. The van der Waals surface area contributed by atoms with E-state index >= 15 is 0 Å². The average molecular weight is 526 g/mol. The van der Waals surface area contributed by atoms with Gasteiger partial charge in [0.1, 0.15) is 11.6 Å². The summed E-state index contributed by atoms with van der Waals surface area (Å²) in [6.07, 6.45) is 1.36. The van der Waals surface area contributed by atoms with Gasteiger partial charge in [0.05, 0.1) is 24.9 Å². The first-order chi connectivity index (χ1) is 18.4. The van der Waals surface area contributed by atoms with E-state index in [1.165, 1.54) is 28.9 Å². The highest BCUT2D eigenvalue weighted by molar-refractivity contribution is 5.96. The van der Waals surface area contributed by atoms with Crippen LogP contribution in [0.3, 0.4) is 0 Å². The van der Waals surface area contributed by atoms with Crippen LogP contribution in [0, 0.1) is 11.6 Å². The van der Waals surface area contributed by atoms with E-state index < -0.39 is 47.9 Å². The van der Waals surface area contributed by atoms with Gasteiger partial charge in [-0.05, 0) is 55.2 Å². The minimum Gasteiger partial charge on any atom is -0.451 e. The van der Waals surface area contributed by atoms with Crippen molar-refractivity contribution in [3.05, 3.63) is 93.4 Å². The van der Waals surface area contributed by atoms with Crippen molar-refractivity contribution in [1.29, 1.82) is 0 Å². The second kappa shape index (κ2) is 10.6. The molecule has 0 spiro atoms. The molecule has 5 rings (SSSR count). The molecule has 0 N–H and O–H groups in total. The third-order valence-corrected chi connectivity index (χ3v) is 6.81. The SMILES string of the molecule is CCOC(=O)OCOc1c2n(ncc1=O)[C@@H](C(c1cccc(F)c1)c1cccc(F)c1)[C@H]1CCCN1C2=O. The third-order valence-electron chi connectivity index (χ3n) is 6.81. The monoisotopic (exact) mass is 525 g/mol. The summed E-state index contributed by atoms with van der Waals surface area (Å²) in [4.78, 5) is 39.6. The maximum atomic E-state index is 14.4. The number of carbonyl (C=O) groups excluding carboxylic acids is 2. The molecule has 11 heteroatoms. The van der Waals surface area contributed by atoms with Gasteiger partial charge in [0.2, 0.25) is 18.0 Å². The Morgan fingerprint density at radius 3 is 2.39 bits per heavy atom. The highest BCUT2D eigenvalue weighted by Gasteiger charge is 2.48. The van der Waals surface area contributed by atoms with Gasteiger partial charge in [0.15, 0.2) is 5.69 Å². The Balaban J connectivity index is 1.66. The van der Waals surface area contributed by atoms with Crippen molar-refractivity contribution in [2.45, 2.75) is 37.8 Å². The van der Waals surface area contributed by atoms with Gasteiger partial charge in [0.25, 0.3) is 5.91 Å². The number of rotatable bonds is 7. The molecule has 0 radical (unpaired) electrons. The van der Waals surface area contributed by atoms with Crippen molar-refractivity contribution >= 4 is 12.1 Å². The van der Waals surface area contributed by atoms with Crippen LogP contribution >= 0.6 is 0 Å². The fourth-order valence-electron chi connectivity index (χ4n) is 5.36. The highest BCUT2D eigenvalue weighted by atomic mass is 19.1. The number of nitrogens with zero attached hydrogens (tertiary/aromatic N) is 3. The molecular formula is C27H25F2N3O6. The van der Waals surface area contributed by atoms with Crippen molar-refractivity contribution < 1.29 is 32.6 Å². The Morgan fingerprint density at radius 1 is 1.08 bits per heavy atom. The molecule has 2 atom stereocenters. The topological polar surface area (TPSA) is 100.0 Å². The molecule has 0 unspecified atom stereocenters. The molecular weight excluding hydrogens is 500 g/mol. The summed E-state index contributed by atoms with van der Waals surface area (Å²) >= 11 is 0. The zero-order valence-electron chi connectivity index (χ0n) is 20.5. The number of benzene rings is 2. The van der Waals surface area contributed by atoms with E-state index in [4.69, 9.17) is 14.2 Å². The Hall–Kier alpha value is -4.28. The van der Waals surface area contributed by atoms with E-state index in [2.05, 4.69) is 5.10 Å². The molecule has 1 fully saturated rings. The Morgan fingerprint density at radius 2 is 1.76 bits per heavy atom. The number of hydrogen-bond donors (Lipinski definition) is 0. The molecule has 0 saturated carbocycles. The van der Waals surface area contributed by atoms with Crippen molar-refractivity contribution in [2.75, 3.05) is 19.9 Å². The molecule has 2 aliphatic rings. The first kappa shape index (κ1) is 25.4. The molecule has 9 nitrogen and oxygen atoms in total. The van der Waals surface area contributed by atoms with Gasteiger partial charge in [-0.25, -0.2) is 13.6 Å². The van der Waals surface area contributed by atoms with Crippen LogP contribution in [0.4, 0.5) is 13.6 Å². The summed E-state index contributed by atoms with van der Waals surface area (Å²) in [5, 5.41) is 4.32. The number of fused-ring (bicyclic) bond motifs is 2. The molecule has 0 aliphatic carbocycles. The standard InChI is InChI=1S/C27H25F2N3O6/c1-2-36-27(35)38-15-37-25-21(33)14-30-32-23(20-10-5-11-31(20)26(34)24(25)32)22(16-6-3-8-18(28)12-16)17-7-4-9-19(29)13-17/h3-4,6-9,12-14,20,22-23H,2,5,10-11,15H2,1H3/t20-,23-/m1/s1. The average Bonchev–Trinajstić information content (AvgIpc) is 3.38. The molecule has 2 aliphatic heterocycles. The van der Waals surface area contributed by atoms with Gasteiger partial charge >= 0.3 is 6.16 Å². The lowest BCUT2D eigenvalue weighted by Crippen LogP contribution is -2.51. The van der Waals surface area contributed by atoms with Gasteiger partial charge in [-0.1, -0.05) is 24.3 Å². The van der Waals surface area contributed by atoms with E-state index in [-0.39, 0.29) is 24.1 Å². The number of ether oxygens (including phenoxy) is 3. The molecule has 1 aromatic heterocycles. The Labute approximate surface area is 216 Å². The summed E-state index contributed by atoms with van der Waals surface area (Å²) in [7, 11) is 0. The number of amides is 1. The summed E-state index contributed by atoms with van der Waals surface area (Å²) in [5.41, 5.74) is 0.315. The fourth-order valence-corrected chi connectivity index (χ4v) is 5.36. The molecule has 1 amide bonds. The number of aromatic nitrogens is 2. The number of hydrogen-bond acceptors (Lipinski definition) is 7. The predicted molar refractivity (Wildman–Crippen MR) is 130 cm³/mol. The van der Waals surface area contributed by atoms with E-state index in [9.17, 15) is 23.2 Å². The number of carbonyl (C=O) groups is 2. The van der Waals surface area contributed by atoms with Crippen molar-refractivity contribution in [1.82, 2.24) is 14.7 Å². The molecule has 3 heterocycles. The van der Waals surface area contributed by atoms with E-state index in [1.54, 1.807) is 36.1 Å². The van der Waals surface area contributed by atoms with E-state index in [0.29, 0.717) is 30.5 Å². The predicted octanol–water partition coefficient (Wildman–Crippen LogP) is 4.02. The lowest BCUT2D eigenvalue weighted by Gasteiger charge is -2.42. The minimum absolute atomic E-state index is 0.0875. The summed E-state index contributed by atoms with van der Waals surface area (Å²) in [5.74, 6) is -2.35. The van der Waals surface area contributed by atoms with Gasteiger partial charge < -0.3 is 19.1 Å². The summed E-state index contributed by atoms with van der Waals surface area (Å²) in [6.45, 7) is 1.46. The highest BCUT2D eigenvalue weighted by Crippen LogP contribution is 2.46. The van der Waals surface area contributed by atoms with Crippen LogP contribution in [-0.4, -0.2) is 52.7 Å². The molecule has 1 saturated heterocycles. The van der Waals surface area contributed by atoms with Gasteiger partial charge in [-0.3, -0.25) is 14.3 Å². The largest absolute Gasteiger partial charge is 0.511 e. The quantitative estimate of drug-likeness (QED) is 0.339. The first-order valence-corrected chi connectivity index (χ1v) is 12.2. The lowest BCUT2D eigenvalue weighted by molar-refractivity contribution is 0.00497. The molecule has 38 heavy (non-hydrogen) atoms. The van der Waals surface area contributed by atoms with Crippen LogP contribution in [0.2, 0.25) is 0 Å². The minimum atomic E-state index is -0.989. The molecule has 3 aromatic rings. The van der Waals surface area contributed by atoms with Crippen molar-refractivity contribution in [2.24, 2.45) is 0 Å². The molecule has 2 aromatic carbocycles. The number of halogens is 2. The Kier molecular flexibility index (Phi) is 7.08. The van der Waals surface area contributed by atoms with E-state index in [1.807, 2.05) is 0 Å². The normalized spacial score (nSPS) is 18.2. The van der Waals surface area contributed by atoms with Crippen LogP contribution in [0.1, 0.15) is 53.3 Å². The summed E-state index contributed by atoms with van der Waals surface area (Å²) in [6, 6.07) is 11.0. The maximum absolute atomic E-state index is 14.4. The lowest BCUT2D eigenvalue weighted by atomic mass is 9.80. The van der Waals surface area contributed by atoms with Gasteiger partial charge in [-0.2, -0.15) is 5.10 Å². The van der Waals surface area contributed by atoms with Crippen molar-refractivity contribution in [3.8, 4) is 5.75 Å². The maximum Gasteiger partial charge on any atom is 0.511 e. The van der Waals surface area contributed by atoms with E-state index in [0.717, 1.165) is 6.20 Å². The molecule has 0 bridgehead atoms. The second-order valence-electron chi connectivity index (χ2n) is 9.01. The summed E-state index contributed by atoms with van der Waals surface area (Å²) < 4.78 is 45.3. The van der Waals surface area contributed by atoms with Crippen LogP contribution in [0.25, 0.3) is 0 Å². The first-order valence-electron chi connectivity index (χ1n) is 12.2. The third kappa shape index (κ3) is 4.71. The van der Waals surface area contributed by atoms with Crippen LogP contribution < -0.4 is 10.2 Å². The van der Waals surface area contributed by atoms with Crippen molar-refractivity contribution in [3.63, 3.8) is 0 Å². The van der Waals surface area contributed by atoms with Crippen LogP contribution in [-0.2, 0) is 9.47 Å². The van der Waals surface area contributed by atoms with Gasteiger partial charge in [-0.15, -0.1) is 0 Å². The second-order valence-corrected chi connectivity index (χ2v) is 9.01. The van der Waals surface area contributed by atoms with Crippen LogP contribution in [0.5, 0.6) is 5.75 Å². The zero-order valence-corrected chi connectivity index (χ0v) is 20.5. The van der Waals surface area contributed by atoms with Gasteiger partial charge in [0, 0.05) is 12.5 Å². The molecule has 198 valence electrons. The Bertz CT molecular complexity index is 1380. The fraction of sp³-hybridized carbons (Fsp3) is 0.333.